The minimum Gasteiger partial charge on any atom is -0.356 e. The summed E-state index contributed by atoms with van der Waals surface area (Å²) in [4.78, 5) is 33.3. The Morgan fingerprint density at radius 1 is 1.35 bits per heavy atom. The predicted molar refractivity (Wildman–Crippen MR) is 101 cm³/mol. The van der Waals surface area contributed by atoms with Crippen LogP contribution in [0.25, 0.3) is 4.91 Å². The van der Waals surface area contributed by atoms with Gasteiger partial charge in [-0.3, -0.25) is 10.1 Å². The molecule has 2 heterocycles. The molecule has 3 rings (SSSR count). The number of hydrogen-bond donors (Lipinski definition) is 1. The second-order valence-corrected chi connectivity index (χ2v) is 6.67. The van der Waals surface area contributed by atoms with Crippen LogP contribution >= 0.6 is 11.8 Å². The van der Waals surface area contributed by atoms with Gasteiger partial charge in [-0.15, -0.1) is 0 Å². The molecule has 0 saturated carbocycles. The van der Waals surface area contributed by atoms with Crippen molar-refractivity contribution in [2.75, 3.05) is 11.9 Å². The quantitative estimate of drug-likeness (QED) is 0.468. The summed E-state index contributed by atoms with van der Waals surface area (Å²) in [6.45, 7) is 4.72. The fourth-order valence-corrected chi connectivity index (χ4v) is 3.95. The van der Waals surface area contributed by atoms with Gasteiger partial charge in [-0.25, -0.2) is 9.97 Å². The van der Waals surface area contributed by atoms with E-state index in [4.69, 9.17) is 0 Å². The molecule has 0 spiro atoms. The fourth-order valence-electron chi connectivity index (χ4n) is 2.70. The number of aldehydes is 1. The molecule has 0 aliphatic carbocycles. The maximum atomic E-state index is 11.3. The number of likely N-dealkylation sites (N-methyl/N-ethyl adjacent to an activating group) is 1. The Balaban J connectivity index is 1.83. The molecule has 1 aromatic carbocycles. The van der Waals surface area contributed by atoms with Crippen molar-refractivity contribution in [1.82, 2.24) is 14.9 Å². The molecule has 0 fully saturated rings. The summed E-state index contributed by atoms with van der Waals surface area (Å²) in [7, 11) is 0. The highest BCUT2D eigenvalue weighted by atomic mass is 32.2. The molecule has 1 aliphatic rings. The molecule has 1 N–H and O–H groups in total. The Labute approximate surface area is 154 Å². The van der Waals surface area contributed by atoms with E-state index < -0.39 is 4.92 Å². The van der Waals surface area contributed by atoms with Gasteiger partial charge in [0, 0.05) is 36.3 Å². The van der Waals surface area contributed by atoms with E-state index in [1.165, 1.54) is 23.9 Å². The molecule has 0 radical (unpaired) electrons. The highest BCUT2D eigenvalue weighted by Crippen LogP contribution is 2.42. The molecular weight excluding hydrogens is 354 g/mol. The number of aromatic nitrogens is 2. The number of nitro benzene ring substituents is 1. The summed E-state index contributed by atoms with van der Waals surface area (Å²) in [5.41, 5.74) is 2.41. The standard InChI is InChI=1S/C17H17N5O3S/c1-3-21-11(2)16(26-15(21)10-23)14-8-9-18-17(20-14)19-12-4-6-13(7-5-12)22(24)25/h4-10,15H,3H2,1-2H3,(H,18,19,20). The molecular formula is C17H17N5O3S. The number of benzene rings is 1. The van der Waals surface area contributed by atoms with Crippen molar-refractivity contribution in [3.05, 3.63) is 58.0 Å². The van der Waals surface area contributed by atoms with Crippen LogP contribution in [-0.2, 0) is 4.79 Å². The highest BCUT2D eigenvalue weighted by molar-refractivity contribution is 8.09. The van der Waals surface area contributed by atoms with E-state index in [2.05, 4.69) is 15.3 Å². The number of carbonyl (C=O) groups excluding carboxylic acids is 1. The lowest BCUT2D eigenvalue weighted by molar-refractivity contribution is -0.384. The number of nitrogens with zero attached hydrogens (tertiary/aromatic N) is 4. The number of carbonyl (C=O) groups is 1. The molecule has 1 aromatic heterocycles. The van der Waals surface area contributed by atoms with Crippen LogP contribution in [-0.4, -0.2) is 38.0 Å². The third-order valence-corrected chi connectivity index (χ3v) is 5.33. The van der Waals surface area contributed by atoms with Gasteiger partial charge >= 0.3 is 0 Å². The third-order valence-electron chi connectivity index (χ3n) is 3.98. The maximum absolute atomic E-state index is 11.3. The van der Waals surface area contributed by atoms with Crippen LogP contribution in [0.15, 0.2) is 42.2 Å². The largest absolute Gasteiger partial charge is 0.356 e. The number of hydrogen-bond acceptors (Lipinski definition) is 8. The number of anilines is 2. The first kappa shape index (κ1) is 17.9. The van der Waals surface area contributed by atoms with E-state index in [1.807, 2.05) is 18.7 Å². The fraction of sp³-hybridized carbons (Fsp3) is 0.235. The molecule has 1 unspecified atom stereocenters. The lowest BCUT2D eigenvalue weighted by Crippen LogP contribution is -2.28. The molecule has 0 amide bonds. The number of allylic oxidation sites excluding steroid dienone is 1. The van der Waals surface area contributed by atoms with E-state index in [9.17, 15) is 14.9 Å². The Kier molecular flexibility index (Phi) is 5.17. The molecule has 0 bridgehead atoms. The van der Waals surface area contributed by atoms with Gasteiger partial charge in [-0.1, -0.05) is 11.8 Å². The van der Waals surface area contributed by atoms with Gasteiger partial charge in [0.1, 0.15) is 5.37 Å². The molecule has 1 atom stereocenters. The number of nitro groups is 1. The summed E-state index contributed by atoms with van der Waals surface area (Å²) < 4.78 is 0. The SMILES string of the molecule is CCN1C(C)=C(c2ccnc(Nc3ccc([N+](=O)[O-])cc3)n2)SC1C=O. The van der Waals surface area contributed by atoms with Crippen molar-refractivity contribution in [3.8, 4) is 0 Å². The van der Waals surface area contributed by atoms with Crippen molar-refractivity contribution in [1.29, 1.82) is 0 Å². The number of nitrogens with one attached hydrogen (secondary N) is 1. The van der Waals surface area contributed by atoms with Gasteiger partial charge in [0.05, 0.1) is 15.5 Å². The normalized spacial score (nSPS) is 16.7. The van der Waals surface area contributed by atoms with Gasteiger partial charge < -0.3 is 15.0 Å². The Hall–Kier alpha value is -2.94. The zero-order chi connectivity index (χ0) is 18.7. The first-order chi connectivity index (χ1) is 12.5. The van der Waals surface area contributed by atoms with Crippen molar-refractivity contribution < 1.29 is 9.72 Å². The summed E-state index contributed by atoms with van der Waals surface area (Å²) in [5, 5.41) is 13.5. The van der Waals surface area contributed by atoms with E-state index in [1.54, 1.807) is 24.4 Å². The molecule has 134 valence electrons. The Bertz CT molecular complexity index is 869. The van der Waals surface area contributed by atoms with E-state index in [-0.39, 0.29) is 11.1 Å². The molecule has 2 aromatic rings. The van der Waals surface area contributed by atoms with Gasteiger partial charge in [0.25, 0.3) is 5.69 Å². The highest BCUT2D eigenvalue weighted by Gasteiger charge is 2.30. The van der Waals surface area contributed by atoms with Crippen molar-refractivity contribution in [3.63, 3.8) is 0 Å². The van der Waals surface area contributed by atoms with E-state index in [0.29, 0.717) is 11.6 Å². The van der Waals surface area contributed by atoms with Crippen LogP contribution < -0.4 is 5.32 Å². The predicted octanol–water partition coefficient (Wildman–Crippen LogP) is 3.41. The van der Waals surface area contributed by atoms with Crippen LogP contribution in [0, 0.1) is 10.1 Å². The minimum absolute atomic E-state index is 0.0212. The summed E-state index contributed by atoms with van der Waals surface area (Å²) >= 11 is 1.47. The van der Waals surface area contributed by atoms with Crippen molar-refractivity contribution in [2.45, 2.75) is 19.2 Å². The first-order valence-corrected chi connectivity index (χ1v) is 8.85. The minimum atomic E-state index is -0.448. The number of non-ortho nitro benzene ring substituents is 1. The molecule has 9 heteroatoms. The summed E-state index contributed by atoms with van der Waals surface area (Å²) in [6, 6.07) is 7.83. The van der Waals surface area contributed by atoms with Crippen molar-refractivity contribution in [2.24, 2.45) is 0 Å². The Morgan fingerprint density at radius 2 is 2.08 bits per heavy atom. The lowest BCUT2D eigenvalue weighted by Gasteiger charge is -2.21. The smallest absolute Gasteiger partial charge is 0.269 e. The number of rotatable bonds is 6. The average Bonchev–Trinajstić information content (AvgIpc) is 2.98. The monoisotopic (exact) mass is 371 g/mol. The zero-order valence-corrected chi connectivity index (χ0v) is 15.1. The second-order valence-electron chi connectivity index (χ2n) is 5.54. The lowest BCUT2D eigenvalue weighted by atomic mass is 10.3. The zero-order valence-electron chi connectivity index (χ0n) is 14.2. The van der Waals surface area contributed by atoms with E-state index >= 15 is 0 Å². The van der Waals surface area contributed by atoms with Gasteiger partial charge in [-0.2, -0.15) is 0 Å². The van der Waals surface area contributed by atoms with Gasteiger partial charge in [0.15, 0.2) is 6.29 Å². The van der Waals surface area contributed by atoms with Gasteiger partial charge in [0.2, 0.25) is 5.95 Å². The molecule has 1 aliphatic heterocycles. The van der Waals surface area contributed by atoms with Crippen molar-refractivity contribution >= 4 is 40.3 Å². The van der Waals surface area contributed by atoms with Crippen LogP contribution in [0.5, 0.6) is 0 Å². The topological polar surface area (TPSA) is 101 Å². The van der Waals surface area contributed by atoms with Crippen LogP contribution in [0.3, 0.4) is 0 Å². The summed E-state index contributed by atoms with van der Waals surface area (Å²) in [6.07, 6.45) is 2.57. The Morgan fingerprint density at radius 3 is 2.65 bits per heavy atom. The third kappa shape index (κ3) is 3.52. The second kappa shape index (κ2) is 7.52. The number of thioether (sulfide) groups is 1. The van der Waals surface area contributed by atoms with Gasteiger partial charge in [-0.05, 0) is 32.0 Å². The van der Waals surface area contributed by atoms with Crippen LogP contribution in [0.1, 0.15) is 19.5 Å². The summed E-state index contributed by atoms with van der Waals surface area (Å²) in [5.74, 6) is 0.384. The first-order valence-electron chi connectivity index (χ1n) is 7.98. The van der Waals surface area contributed by atoms with Crippen LogP contribution in [0.2, 0.25) is 0 Å². The molecule has 26 heavy (non-hydrogen) atoms. The maximum Gasteiger partial charge on any atom is 0.269 e. The van der Waals surface area contributed by atoms with E-state index in [0.717, 1.165) is 29.1 Å². The average molecular weight is 371 g/mol. The molecule has 8 nitrogen and oxygen atoms in total. The molecule has 0 saturated heterocycles. The van der Waals surface area contributed by atoms with Crippen LogP contribution in [0.4, 0.5) is 17.3 Å².